The molecule has 0 saturated carbocycles. The van der Waals surface area contributed by atoms with Crippen LogP contribution in [-0.2, 0) is 0 Å². The molecule has 0 bridgehead atoms. The Morgan fingerprint density at radius 1 is 0.357 bits per heavy atom. The number of nitriles is 1. The maximum atomic E-state index is 10.7. The summed E-state index contributed by atoms with van der Waals surface area (Å²) in [6.45, 7) is 0. The number of para-hydroxylation sites is 1. The summed E-state index contributed by atoms with van der Waals surface area (Å²) in [7, 11) is 0. The van der Waals surface area contributed by atoms with Gasteiger partial charge >= 0.3 is 0 Å². The van der Waals surface area contributed by atoms with Crippen molar-refractivity contribution in [3.63, 3.8) is 0 Å². The van der Waals surface area contributed by atoms with Crippen molar-refractivity contribution in [1.82, 2.24) is 24.9 Å². The van der Waals surface area contributed by atoms with E-state index in [1.165, 1.54) is 0 Å². The fourth-order valence-electron chi connectivity index (χ4n) is 7.42. The van der Waals surface area contributed by atoms with Gasteiger partial charge in [-0.3, -0.25) is 0 Å². The predicted molar refractivity (Wildman–Crippen MR) is 225 cm³/mol. The first-order valence-corrected chi connectivity index (χ1v) is 18.4. The first-order chi connectivity index (χ1) is 27.7. The normalized spacial score (nSPS) is 11.2. The SMILES string of the molecule is N#Cc1cc2nc(-c3ccccc3)c(-c3ccccc3)nc2c2c1c(-c1ccc(-c3cc(-c4ccccc4)nc(-c4ccccc4)n3)cc1)nc1ccccc12. The molecule has 0 N–H and O–H groups in total. The van der Waals surface area contributed by atoms with Crippen LogP contribution in [0.1, 0.15) is 5.56 Å². The Morgan fingerprint density at radius 3 is 1.43 bits per heavy atom. The Morgan fingerprint density at radius 2 is 0.821 bits per heavy atom. The average Bonchev–Trinajstić information content (AvgIpc) is 3.29. The lowest BCUT2D eigenvalue weighted by molar-refractivity contribution is 1.18. The second-order valence-corrected chi connectivity index (χ2v) is 13.6. The number of rotatable bonds is 6. The van der Waals surface area contributed by atoms with E-state index in [4.69, 9.17) is 24.9 Å². The Hall–Kier alpha value is -7.88. The van der Waals surface area contributed by atoms with Crippen molar-refractivity contribution < 1.29 is 0 Å². The summed E-state index contributed by atoms with van der Waals surface area (Å²) in [5.41, 5.74) is 12.2. The molecule has 3 aromatic heterocycles. The van der Waals surface area contributed by atoms with E-state index in [0.717, 1.165) is 83.3 Å². The van der Waals surface area contributed by atoms with Crippen LogP contribution < -0.4 is 0 Å². The first kappa shape index (κ1) is 32.7. The highest BCUT2D eigenvalue weighted by Gasteiger charge is 2.22. The molecule has 0 amide bonds. The molecule has 0 aliphatic heterocycles. The van der Waals surface area contributed by atoms with E-state index >= 15 is 0 Å². The standard InChI is InChI=1S/C50H30N6/c51-31-38-29-43-49(56-48(35-19-9-3-10-20-35)47(53-43)34-17-7-2-8-18-34)45-39-23-13-14-24-40(39)52-46(44(38)45)36-27-25-33(26-28-36)42-30-41(32-15-5-1-6-16-32)54-50(55-42)37-21-11-4-12-22-37/h1-30H. The molecule has 10 aromatic rings. The molecular weight excluding hydrogens is 685 g/mol. The van der Waals surface area contributed by atoms with Crippen molar-refractivity contribution in [3.05, 3.63) is 188 Å². The number of benzene rings is 7. The summed E-state index contributed by atoms with van der Waals surface area (Å²) in [5, 5.41) is 13.3. The van der Waals surface area contributed by atoms with Crippen LogP contribution in [0.3, 0.4) is 0 Å². The zero-order chi connectivity index (χ0) is 37.4. The van der Waals surface area contributed by atoms with Gasteiger partial charge in [0.15, 0.2) is 5.82 Å². The summed E-state index contributed by atoms with van der Waals surface area (Å²) in [6, 6.07) is 63.1. The monoisotopic (exact) mass is 714 g/mol. The van der Waals surface area contributed by atoms with Crippen LogP contribution >= 0.6 is 0 Å². The van der Waals surface area contributed by atoms with E-state index < -0.39 is 0 Å². The number of hydrogen-bond acceptors (Lipinski definition) is 6. The fraction of sp³-hybridized carbons (Fsp3) is 0. The summed E-state index contributed by atoms with van der Waals surface area (Å²) in [5.74, 6) is 0.658. The third kappa shape index (κ3) is 5.81. The molecule has 6 heteroatoms. The molecule has 0 fully saturated rings. The second-order valence-electron chi connectivity index (χ2n) is 13.6. The summed E-state index contributed by atoms with van der Waals surface area (Å²) < 4.78 is 0. The molecule has 0 radical (unpaired) electrons. The van der Waals surface area contributed by atoms with E-state index in [-0.39, 0.29) is 0 Å². The fourth-order valence-corrected chi connectivity index (χ4v) is 7.42. The minimum Gasteiger partial charge on any atom is -0.247 e. The molecule has 0 saturated heterocycles. The molecule has 0 aliphatic carbocycles. The van der Waals surface area contributed by atoms with Crippen LogP contribution in [0.25, 0.3) is 100 Å². The van der Waals surface area contributed by atoms with Crippen LogP contribution in [0.5, 0.6) is 0 Å². The van der Waals surface area contributed by atoms with Crippen molar-refractivity contribution in [2.24, 2.45) is 0 Å². The van der Waals surface area contributed by atoms with Crippen LogP contribution in [-0.4, -0.2) is 24.9 Å². The number of hydrogen-bond donors (Lipinski definition) is 0. The summed E-state index contributed by atoms with van der Waals surface area (Å²) in [4.78, 5) is 25.9. The van der Waals surface area contributed by atoms with Crippen molar-refractivity contribution in [2.45, 2.75) is 0 Å². The van der Waals surface area contributed by atoms with Gasteiger partial charge in [0.05, 0.1) is 56.7 Å². The molecule has 0 aliphatic rings. The molecule has 3 heterocycles. The van der Waals surface area contributed by atoms with Gasteiger partial charge in [0.25, 0.3) is 0 Å². The quantitative estimate of drug-likeness (QED) is 0.159. The second kappa shape index (κ2) is 13.8. The summed E-state index contributed by atoms with van der Waals surface area (Å²) in [6.07, 6.45) is 0. The van der Waals surface area contributed by atoms with E-state index in [9.17, 15) is 5.26 Å². The van der Waals surface area contributed by atoms with Gasteiger partial charge in [0.2, 0.25) is 0 Å². The molecule has 56 heavy (non-hydrogen) atoms. The first-order valence-electron chi connectivity index (χ1n) is 18.4. The molecule has 0 spiro atoms. The van der Waals surface area contributed by atoms with Crippen LogP contribution in [0.4, 0.5) is 0 Å². The van der Waals surface area contributed by atoms with E-state index in [1.54, 1.807) is 0 Å². The highest BCUT2D eigenvalue weighted by molar-refractivity contribution is 6.22. The van der Waals surface area contributed by atoms with Gasteiger partial charge in [-0.2, -0.15) is 5.26 Å². The van der Waals surface area contributed by atoms with Gasteiger partial charge in [-0.25, -0.2) is 24.9 Å². The lowest BCUT2D eigenvalue weighted by atomic mass is 9.94. The third-order valence-corrected chi connectivity index (χ3v) is 10.1. The smallest absolute Gasteiger partial charge is 0.160 e. The maximum Gasteiger partial charge on any atom is 0.160 e. The Labute approximate surface area is 323 Å². The molecule has 6 nitrogen and oxygen atoms in total. The van der Waals surface area contributed by atoms with E-state index in [0.29, 0.717) is 22.6 Å². The van der Waals surface area contributed by atoms with Gasteiger partial charge in [-0.15, -0.1) is 0 Å². The number of aromatic nitrogens is 5. The van der Waals surface area contributed by atoms with Gasteiger partial charge in [-0.05, 0) is 18.2 Å². The van der Waals surface area contributed by atoms with Crippen molar-refractivity contribution in [3.8, 4) is 73.7 Å². The van der Waals surface area contributed by atoms with Crippen LogP contribution in [0.15, 0.2) is 182 Å². The average molecular weight is 715 g/mol. The molecular formula is C50H30N6. The van der Waals surface area contributed by atoms with Gasteiger partial charge < -0.3 is 0 Å². The number of pyridine rings is 1. The van der Waals surface area contributed by atoms with Crippen molar-refractivity contribution in [1.29, 1.82) is 5.26 Å². The molecule has 7 aromatic carbocycles. The topological polar surface area (TPSA) is 88.2 Å². The van der Waals surface area contributed by atoms with Crippen molar-refractivity contribution >= 4 is 32.7 Å². The number of nitrogens with zero attached hydrogens (tertiary/aromatic N) is 6. The minimum atomic E-state index is 0.487. The van der Waals surface area contributed by atoms with Gasteiger partial charge in [0.1, 0.15) is 0 Å². The zero-order valence-electron chi connectivity index (χ0n) is 30.0. The summed E-state index contributed by atoms with van der Waals surface area (Å²) >= 11 is 0. The van der Waals surface area contributed by atoms with Gasteiger partial charge in [-0.1, -0.05) is 164 Å². The predicted octanol–water partition coefficient (Wildman–Crippen LogP) is 12.0. The van der Waals surface area contributed by atoms with E-state index in [2.05, 4.69) is 60.7 Å². The zero-order valence-corrected chi connectivity index (χ0v) is 30.0. The van der Waals surface area contributed by atoms with E-state index in [1.807, 2.05) is 127 Å². The Bertz CT molecular complexity index is 3050. The lowest BCUT2D eigenvalue weighted by Gasteiger charge is -2.16. The van der Waals surface area contributed by atoms with Crippen molar-refractivity contribution in [2.75, 3.05) is 0 Å². The Balaban J connectivity index is 1.19. The lowest BCUT2D eigenvalue weighted by Crippen LogP contribution is -2.00. The molecule has 260 valence electrons. The molecule has 0 atom stereocenters. The highest BCUT2D eigenvalue weighted by atomic mass is 14.9. The molecule has 10 rings (SSSR count). The van der Waals surface area contributed by atoms with Crippen LogP contribution in [0, 0.1) is 11.3 Å². The Kier molecular flexibility index (Phi) is 8.09. The minimum absolute atomic E-state index is 0.487. The van der Waals surface area contributed by atoms with Crippen LogP contribution in [0.2, 0.25) is 0 Å². The van der Waals surface area contributed by atoms with Gasteiger partial charge in [0, 0.05) is 49.5 Å². The maximum absolute atomic E-state index is 10.7. The largest absolute Gasteiger partial charge is 0.247 e. The number of fused-ring (bicyclic) bond motifs is 5. The molecule has 0 unspecified atom stereocenters. The third-order valence-electron chi connectivity index (χ3n) is 10.1. The highest BCUT2D eigenvalue weighted by Crippen LogP contribution is 2.41.